The van der Waals surface area contributed by atoms with Crippen LogP contribution in [0.15, 0.2) is 0 Å². The lowest BCUT2D eigenvalue weighted by atomic mass is 10.4. The monoisotopic (exact) mass is 196 g/mol. The Kier molecular flexibility index (Phi) is 3.01. The Labute approximate surface area is 69.4 Å². The summed E-state index contributed by atoms with van der Waals surface area (Å²) >= 11 is 0. The molecule has 0 aliphatic carbocycles. The molecule has 0 heterocycles. The minimum absolute atomic E-state index is 1.14. The molecule has 0 saturated heterocycles. The molecule has 11 heteroatoms. The number of hydrogen-bond acceptors (Lipinski definition) is 7. The van der Waals surface area contributed by atoms with Gasteiger partial charge >= 0.3 is 5.85 Å². The van der Waals surface area contributed by atoms with E-state index in [-0.39, 0.29) is 0 Å². The summed E-state index contributed by atoms with van der Waals surface area (Å²) in [4.78, 5) is 26.2. The van der Waals surface area contributed by atoms with Crippen molar-refractivity contribution in [1.29, 1.82) is 0 Å². The van der Waals surface area contributed by atoms with Gasteiger partial charge < -0.3 is 0 Å². The molecule has 13 heavy (non-hydrogen) atoms. The lowest BCUT2D eigenvalue weighted by molar-refractivity contribution is -0.848. The van der Waals surface area contributed by atoms with Crippen LogP contribution in [0.25, 0.3) is 0 Å². The zero-order valence-corrected chi connectivity index (χ0v) is 5.95. The van der Waals surface area contributed by atoms with Gasteiger partial charge in [-0.3, -0.25) is 25.3 Å². The van der Waals surface area contributed by atoms with Crippen molar-refractivity contribution in [2.75, 3.05) is 6.54 Å². The third-order valence-electron chi connectivity index (χ3n) is 1.03. The van der Waals surface area contributed by atoms with Crippen molar-refractivity contribution in [3.8, 4) is 0 Å². The molecule has 0 aliphatic heterocycles. The molecule has 0 radical (unpaired) electrons. The fourth-order valence-corrected chi connectivity index (χ4v) is 0.366. The largest absolute Gasteiger partial charge is 0.599 e. The van der Waals surface area contributed by atoms with E-state index in [1.54, 1.807) is 0 Å². The normalized spacial score (nSPS) is 10.5. The van der Waals surface area contributed by atoms with E-state index in [1.165, 1.54) is 0 Å². The number of rotatable bonds is 5. The quantitative estimate of drug-likeness (QED) is 0.288. The van der Waals surface area contributed by atoms with Crippen molar-refractivity contribution in [2.24, 2.45) is 0 Å². The van der Waals surface area contributed by atoms with Crippen LogP contribution < -0.4 is 5.43 Å². The van der Waals surface area contributed by atoms with Crippen LogP contribution in [0.3, 0.4) is 0 Å². The molecule has 0 aliphatic rings. The molecule has 0 atom stereocenters. The maximum atomic E-state index is 9.93. The standard InChI is InChI=1S/C2H4N4O7/c7-2(4(8)9,5(10)11)1-3-6(12)13/h3,7H,1H2. The molecular weight excluding hydrogens is 192 g/mol. The van der Waals surface area contributed by atoms with Gasteiger partial charge in [-0.15, -0.1) is 5.43 Å². The number of hydrazine groups is 1. The summed E-state index contributed by atoms with van der Waals surface area (Å²) in [5.41, 5.74) is 1.14. The molecule has 0 rings (SSSR count). The van der Waals surface area contributed by atoms with E-state index < -0.39 is 27.3 Å². The molecule has 2 N–H and O–H groups in total. The van der Waals surface area contributed by atoms with Crippen molar-refractivity contribution in [3.05, 3.63) is 30.3 Å². The Morgan fingerprint density at radius 2 is 1.54 bits per heavy atom. The highest BCUT2D eigenvalue weighted by Gasteiger charge is 2.56. The van der Waals surface area contributed by atoms with Crippen LogP contribution in [-0.4, -0.2) is 32.4 Å². The lowest BCUT2D eigenvalue weighted by Gasteiger charge is -2.07. The topological polar surface area (TPSA) is 162 Å². The van der Waals surface area contributed by atoms with Crippen LogP contribution in [0.5, 0.6) is 0 Å². The van der Waals surface area contributed by atoms with Gasteiger partial charge in [0.05, 0.1) is 0 Å². The maximum absolute atomic E-state index is 9.93. The second-order valence-electron chi connectivity index (χ2n) is 1.88. The fraction of sp³-hybridized carbons (Fsp3) is 1.00. The van der Waals surface area contributed by atoms with Crippen LogP contribution in [0.4, 0.5) is 0 Å². The number of hydrogen-bond donors (Lipinski definition) is 2. The molecule has 0 fully saturated rings. The molecule has 0 aromatic heterocycles. The van der Waals surface area contributed by atoms with Gasteiger partial charge in [-0.25, -0.2) is 10.1 Å². The Morgan fingerprint density at radius 3 is 1.77 bits per heavy atom. The first-order valence-corrected chi connectivity index (χ1v) is 2.70. The van der Waals surface area contributed by atoms with Crippen molar-refractivity contribution in [1.82, 2.24) is 5.43 Å². The van der Waals surface area contributed by atoms with Gasteiger partial charge in [-0.05, 0) is 0 Å². The van der Waals surface area contributed by atoms with E-state index in [4.69, 9.17) is 5.11 Å². The second kappa shape index (κ2) is 3.57. The predicted octanol–water partition coefficient (Wildman–Crippen LogP) is -2.03. The summed E-state index contributed by atoms with van der Waals surface area (Å²) in [7, 11) is 0. The number of nitro groups is 3. The second-order valence-corrected chi connectivity index (χ2v) is 1.88. The summed E-state index contributed by atoms with van der Waals surface area (Å²) in [6.45, 7) is -1.42. The number of nitrogens with one attached hydrogen (secondary N) is 1. The Hall–Kier alpha value is -2.04. The summed E-state index contributed by atoms with van der Waals surface area (Å²) in [5.74, 6) is -3.58. The predicted molar refractivity (Wildman–Crippen MR) is 33.9 cm³/mol. The smallest absolute Gasteiger partial charge is 0.267 e. The Morgan fingerprint density at radius 1 is 1.15 bits per heavy atom. The zero-order chi connectivity index (χ0) is 10.6. The molecule has 0 spiro atoms. The van der Waals surface area contributed by atoms with Crippen LogP contribution in [-0.2, 0) is 0 Å². The summed E-state index contributed by atoms with van der Waals surface area (Å²) < 4.78 is 0. The highest BCUT2D eigenvalue weighted by molar-refractivity contribution is 4.50. The van der Waals surface area contributed by atoms with Gasteiger partial charge in [0, 0.05) is 0 Å². The van der Waals surface area contributed by atoms with E-state index in [2.05, 4.69) is 0 Å². The molecule has 0 amide bonds. The highest BCUT2D eigenvalue weighted by atomic mass is 16.7. The maximum Gasteiger partial charge on any atom is 0.599 e. The van der Waals surface area contributed by atoms with Crippen molar-refractivity contribution in [2.45, 2.75) is 5.85 Å². The van der Waals surface area contributed by atoms with Crippen molar-refractivity contribution in [3.63, 3.8) is 0 Å². The lowest BCUT2D eigenvalue weighted by Crippen LogP contribution is -2.54. The van der Waals surface area contributed by atoms with E-state index in [0.717, 1.165) is 5.43 Å². The minimum Gasteiger partial charge on any atom is -0.267 e. The summed E-state index contributed by atoms with van der Waals surface area (Å²) in [6, 6.07) is 0. The zero-order valence-electron chi connectivity index (χ0n) is 5.95. The molecule has 0 bridgehead atoms. The Bertz CT molecular complexity index is 235. The van der Waals surface area contributed by atoms with E-state index in [9.17, 15) is 30.3 Å². The van der Waals surface area contributed by atoms with Gasteiger partial charge in [0.1, 0.15) is 9.85 Å². The summed E-state index contributed by atoms with van der Waals surface area (Å²) in [6.07, 6.45) is 0. The van der Waals surface area contributed by atoms with Gasteiger partial charge in [0.25, 0.3) is 0 Å². The first-order valence-electron chi connectivity index (χ1n) is 2.70. The fourth-order valence-electron chi connectivity index (χ4n) is 0.366. The summed E-state index contributed by atoms with van der Waals surface area (Å²) in [5, 5.41) is 36.9. The average molecular weight is 196 g/mol. The minimum atomic E-state index is -3.58. The molecular formula is C2H4N4O7. The van der Waals surface area contributed by atoms with Crippen LogP contribution >= 0.6 is 0 Å². The van der Waals surface area contributed by atoms with E-state index in [0.29, 0.717) is 0 Å². The third kappa shape index (κ3) is 2.48. The molecule has 0 aromatic carbocycles. The molecule has 0 aromatic rings. The average Bonchev–Trinajstić information content (AvgIpc) is 1.99. The van der Waals surface area contributed by atoms with Crippen LogP contribution in [0.1, 0.15) is 0 Å². The number of nitrogens with zero attached hydrogens (tertiary/aromatic N) is 3. The van der Waals surface area contributed by atoms with Gasteiger partial charge in [-0.1, -0.05) is 0 Å². The van der Waals surface area contributed by atoms with Gasteiger partial charge in [0.2, 0.25) is 6.54 Å². The van der Waals surface area contributed by atoms with Crippen LogP contribution in [0, 0.1) is 30.3 Å². The number of aliphatic hydroxyl groups is 1. The SMILES string of the molecule is O=[N+]([O-])NCC(O)([N+](=O)[O-])[N+](=O)[O-]. The molecule has 0 unspecified atom stereocenters. The highest BCUT2D eigenvalue weighted by Crippen LogP contribution is 2.04. The van der Waals surface area contributed by atoms with E-state index >= 15 is 0 Å². The molecule has 74 valence electrons. The van der Waals surface area contributed by atoms with Crippen LogP contribution in [0.2, 0.25) is 0 Å². The Balaban J connectivity index is 4.52. The van der Waals surface area contributed by atoms with Crippen molar-refractivity contribution >= 4 is 0 Å². The molecule has 11 nitrogen and oxygen atoms in total. The first-order chi connectivity index (χ1) is 5.80. The van der Waals surface area contributed by atoms with E-state index in [1.807, 2.05) is 0 Å². The van der Waals surface area contributed by atoms with Crippen molar-refractivity contribution < 1.29 is 20.0 Å². The third-order valence-corrected chi connectivity index (χ3v) is 1.03. The molecule has 0 saturated carbocycles. The van der Waals surface area contributed by atoms with Gasteiger partial charge in [-0.2, -0.15) is 0 Å². The first kappa shape index (κ1) is 11.0. The van der Waals surface area contributed by atoms with Gasteiger partial charge in [0.15, 0.2) is 5.03 Å².